The van der Waals surface area contributed by atoms with Gasteiger partial charge >= 0.3 is 0 Å². The predicted octanol–water partition coefficient (Wildman–Crippen LogP) is 2.40. The van der Waals surface area contributed by atoms with Crippen LogP contribution in [0, 0.1) is 0 Å². The number of nitrogens with one attached hydrogen (secondary N) is 1. The molecule has 1 saturated heterocycles. The van der Waals surface area contributed by atoms with Crippen LogP contribution in [0.25, 0.3) is 0 Å². The smallest absolute Gasteiger partial charge is 0.267 e. The van der Waals surface area contributed by atoms with Crippen LogP contribution < -0.4 is 19.9 Å². The Hall–Kier alpha value is -1.75. The molecule has 0 aromatic heterocycles. The number of hydrogen-bond acceptors (Lipinski definition) is 4. The van der Waals surface area contributed by atoms with E-state index in [4.69, 9.17) is 4.74 Å². The Morgan fingerprint density at radius 3 is 2.70 bits per heavy atom. The number of carbonyl (C=O) groups excluding carboxylic acids is 1. The van der Waals surface area contributed by atoms with Gasteiger partial charge in [-0.1, -0.05) is 25.8 Å². The lowest BCUT2D eigenvalue weighted by molar-refractivity contribution is -0.125. The fourth-order valence-corrected chi connectivity index (χ4v) is 3.32. The van der Waals surface area contributed by atoms with Gasteiger partial charge in [0.25, 0.3) is 5.91 Å². The lowest BCUT2D eigenvalue weighted by atomic mass is 10.1. The Morgan fingerprint density at radius 1 is 1.22 bits per heavy atom. The van der Waals surface area contributed by atoms with Crippen LogP contribution in [0.2, 0.25) is 0 Å². The summed E-state index contributed by atoms with van der Waals surface area (Å²) in [6, 6.07) is 6.16. The summed E-state index contributed by atoms with van der Waals surface area (Å²) in [6.07, 6.45) is 2.92. The quantitative estimate of drug-likeness (QED) is 0.847. The van der Waals surface area contributed by atoms with Crippen molar-refractivity contribution in [1.82, 2.24) is 5.32 Å². The Morgan fingerprint density at radius 2 is 1.96 bits per heavy atom. The molecule has 1 unspecified atom stereocenters. The molecule has 1 N–H and O–H groups in total. The second kappa shape index (κ2) is 7.21. The monoisotopic (exact) mass is 317 g/mol. The number of unbranched alkanes of at least 4 members (excludes halogenated alkanes) is 2. The molecule has 5 nitrogen and oxygen atoms in total. The minimum Gasteiger partial charge on any atom is -0.476 e. The third-order valence-electron chi connectivity index (χ3n) is 4.62. The topological polar surface area (TPSA) is 44.8 Å². The second-order valence-corrected chi connectivity index (χ2v) is 6.32. The zero-order valence-electron chi connectivity index (χ0n) is 14.2. The van der Waals surface area contributed by atoms with Gasteiger partial charge in [-0.3, -0.25) is 4.79 Å². The Kier molecular flexibility index (Phi) is 5.06. The number of amides is 1. The highest BCUT2D eigenvalue weighted by atomic mass is 16.5. The van der Waals surface area contributed by atoms with E-state index in [-0.39, 0.29) is 5.91 Å². The molecule has 1 aromatic carbocycles. The molecule has 0 bridgehead atoms. The average Bonchev–Trinajstić information content (AvgIpc) is 2.59. The SMILES string of the molecule is CCCCCN1C(=O)C(C)Oc2c(N3CCNCC3)cccc21. The van der Waals surface area contributed by atoms with Gasteiger partial charge in [0.15, 0.2) is 11.9 Å². The van der Waals surface area contributed by atoms with Crippen LogP contribution in [0.3, 0.4) is 0 Å². The van der Waals surface area contributed by atoms with E-state index in [0.29, 0.717) is 0 Å². The van der Waals surface area contributed by atoms with Crippen LogP contribution in [0.4, 0.5) is 11.4 Å². The summed E-state index contributed by atoms with van der Waals surface area (Å²) in [6.45, 7) is 8.72. The molecule has 0 spiro atoms. The molecule has 2 aliphatic rings. The van der Waals surface area contributed by atoms with Crippen molar-refractivity contribution in [2.75, 3.05) is 42.5 Å². The molecule has 0 aliphatic carbocycles. The Balaban J connectivity index is 1.90. The number of anilines is 2. The van der Waals surface area contributed by atoms with Gasteiger partial charge in [-0.2, -0.15) is 0 Å². The van der Waals surface area contributed by atoms with Gasteiger partial charge in [0.1, 0.15) is 0 Å². The normalized spacial score (nSPS) is 21.1. The highest BCUT2D eigenvalue weighted by Gasteiger charge is 2.33. The van der Waals surface area contributed by atoms with Crippen LogP contribution in [-0.2, 0) is 4.79 Å². The van der Waals surface area contributed by atoms with Crippen LogP contribution >= 0.6 is 0 Å². The number of fused-ring (bicyclic) bond motifs is 1. The maximum absolute atomic E-state index is 12.5. The number of ether oxygens (including phenoxy) is 1. The maximum atomic E-state index is 12.5. The zero-order valence-corrected chi connectivity index (χ0v) is 14.2. The number of piperazine rings is 1. The van der Waals surface area contributed by atoms with E-state index in [9.17, 15) is 4.79 Å². The molecule has 126 valence electrons. The third-order valence-corrected chi connectivity index (χ3v) is 4.62. The van der Waals surface area contributed by atoms with Crippen molar-refractivity contribution in [2.24, 2.45) is 0 Å². The standard InChI is InChI=1S/C18H27N3O2/c1-3-4-5-11-21-16-8-6-7-15(20-12-9-19-10-13-20)17(16)23-14(2)18(21)22/h6-8,14,19H,3-5,9-13H2,1-2H3. The van der Waals surface area contributed by atoms with Crippen molar-refractivity contribution in [3.8, 4) is 5.75 Å². The highest BCUT2D eigenvalue weighted by Crippen LogP contribution is 2.42. The molecule has 2 heterocycles. The molecule has 5 heteroatoms. The van der Waals surface area contributed by atoms with Gasteiger partial charge in [0.2, 0.25) is 0 Å². The molecule has 2 aliphatic heterocycles. The number of para-hydroxylation sites is 1. The maximum Gasteiger partial charge on any atom is 0.267 e. The average molecular weight is 317 g/mol. The van der Waals surface area contributed by atoms with Gasteiger partial charge in [0, 0.05) is 32.7 Å². The van der Waals surface area contributed by atoms with E-state index >= 15 is 0 Å². The highest BCUT2D eigenvalue weighted by molar-refractivity contribution is 6.01. The van der Waals surface area contributed by atoms with E-state index in [1.165, 1.54) is 0 Å². The second-order valence-electron chi connectivity index (χ2n) is 6.32. The van der Waals surface area contributed by atoms with E-state index in [1.807, 2.05) is 24.0 Å². The summed E-state index contributed by atoms with van der Waals surface area (Å²) in [4.78, 5) is 16.8. The summed E-state index contributed by atoms with van der Waals surface area (Å²) < 4.78 is 6.01. The summed E-state index contributed by atoms with van der Waals surface area (Å²) in [7, 11) is 0. The number of rotatable bonds is 5. The van der Waals surface area contributed by atoms with Crippen molar-refractivity contribution in [1.29, 1.82) is 0 Å². The zero-order chi connectivity index (χ0) is 16.2. The number of hydrogen-bond donors (Lipinski definition) is 1. The molecule has 3 rings (SSSR count). The van der Waals surface area contributed by atoms with Crippen LogP contribution in [0.1, 0.15) is 33.1 Å². The predicted molar refractivity (Wildman–Crippen MR) is 93.5 cm³/mol. The first kappa shape index (κ1) is 16.1. The first-order chi connectivity index (χ1) is 11.2. The van der Waals surface area contributed by atoms with Crippen molar-refractivity contribution < 1.29 is 9.53 Å². The first-order valence-electron chi connectivity index (χ1n) is 8.79. The van der Waals surface area contributed by atoms with Crippen molar-refractivity contribution >= 4 is 17.3 Å². The van der Waals surface area contributed by atoms with E-state index in [2.05, 4.69) is 23.2 Å². The summed E-state index contributed by atoms with van der Waals surface area (Å²) in [5.74, 6) is 0.948. The summed E-state index contributed by atoms with van der Waals surface area (Å²) >= 11 is 0. The van der Waals surface area contributed by atoms with Crippen LogP contribution in [0.5, 0.6) is 5.75 Å². The van der Waals surface area contributed by atoms with Gasteiger partial charge in [-0.15, -0.1) is 0 Å². The third kappa shape index (κ3) is 3.29. The van der Waals surface area contributed by atoms with Crippen molar-refractivity contribution in [2.45, 2.75) is 39.2 Å². The van der Waals surface area contributed by atoms with Gasteiger partial charge in [0.05, 0.1) is 11.4 Å². The fraction of sp³-hybridized carbons (Fsp3) is 0.611. The van der Waals surface area contributed by atoms with Crippen molar-refractivity contribution in [3.05, 3.63) is 18.2 Å². The molecule has 1 aromatic rings. The summed E-state index contributed by atoms with van der Waals surface area (Å²) in [5, 5.41) is 3.38. The Bertz CT molecular complexity index is 555. The van der Waals surface area contributed by atoms with Gasteiger partial charge in [-0.05, 0) is 25.5 Å². The lowest BCUT2D eigenvalue weighted by Crippen LogP contribution is -2.47. The molecule has 1 fully saturated rings. The van der Waals surface area contributed by atoms with Crippen LogP contribution in [0.15, 0.2) is 18.2 Å². The van der Waals surface area contributed by atoms with E-state index in [1.54, 1.807) is 0 Å². The molecule has 1 atom stereocenters. The number of carbonyl (C=O) groups is 1. The van der Waals surface area contributed by atoms with Crippen molar-refractivity contribution in [3.63, 3.8) is 0 Å². The first-order valence-corrected chi connectivity index (χ1v) is 8.79. The molecule has 0 radical (unpaired) electrons. The molecule has 23 heavy (non-hydrogen) atoms. The number of benzene rings is 1. The van der Waals surface area contributed by atoms with E-state index in [0.717, 1.165) is 69.1 Å². The molecule has 1 amide bonds. The Labute approximate surface area is 138 Å². The summed E-state index contributed by atoms with van der Waals surface area (Å²) in [5.41, 5.74) is 2.05. The fourth-order valence-electron chi connectivity index (χ4n) is 3.32. The van der Waals surface area contributed by atoms with Gasteiger partial charge < -0.3 is 19.9 Å². The molecular formula is C18H27N3O2. The van der Waals surface area contributed by atoms with Gasteiger partial charge in [-0.25, -0.2) is 0 Å². The minimum absolute atomic E-state index is 0.0751. The largest absolute Gasteiger partial charge is 0.476 e. The molecular weight excluding hydrogens is 290 g/mol. The van der Waals surface area contributed by atoms with E-state index < -0.39 is 6.10 Å². The molecule has 0 saturated carbocycles. The lowest BCUT2D eigenvalue weighted by Gasteiger charge is -2.37. The van der Waals surface area contributed by atoms with Crippen LogP contribution in [-0.4, -0.2) is 44.7 Å². The minimum atomic E-state index is -0.409. The number of nitrogens with zero attached hydrogens (tertiary/aromatic N) is 2.